The van der Waals surface area contributed by atoms with Crippen molar-refractivity contribution in [2.24, 2.45) is 12.9 Å². The van der Waals surface area contributed by atoms with Crippen LogP contribution < -0.4 is 21.7 Å². The third kappa shape index (κ3) is 2.59. The maximum absolute atomic E-state index is 14.1. The first kappa shape index (κ1) is 14.3. The van der Waals surface area contributed by atoms with E-state index in [1.165, 1.54) is 7.11 Å². The molecule has 0 aliphatic rings. The van der Waals surface area contributed by atoms with Crippen molar-refractivity contribution in [3.63, 3.8) is 0 Å². The summed E-state index contributed by atoms with van der Waals surface area (Å²) in [6.07, 6.45) is 1.97. The second kappa shape index (κ2) is 5.89. The van der Waals surface area contributed by atoms with E-state index in [0.717, 1.165) is 5.56 Å². The van der Waals surface area contributed by atoms with Crippen LogP contribution >= 0.6 is 0 Å². The molecule has 0 aliphatic carbocycles. The van der Waals surface area contributed by atoms with Crippen LogP contribution in [0.4, 0.5) is 10.2 Å². The van der Waals surface area contributed by atoms with Gasteiger partial charge in [-0.1, -0.05) is 12.1 Å². The lowest BCUT2D eigenvalue weighted by atomic mass is 10.0. The molecular formula is C13H18FN5O. The third-order valence-corrected chi connectivity index (χ3v) is 3.28. The number of methoxy groups -OCH3 is 1. The van der Waals surface area contributed by atoms with Gasteiger partial charge >= 0.3 is 0 Å². The molecule has 20 heavy (non-hydrogen) atoms. The molecular weight excluding hydrogens is 261 g/mol. The van der Waals surface area contributed by atoms with Gasteiger partial charge in [0.05, 0.1) is 19.3 Å². The van der Waals surface area contributed by atoms with Crippen LogP contribution in [0.25, 0.3) is 0 Å². The minimum absolute atomic E-state index is 0.206. The molecule has 108 valence electrons. The summed E-state index contributed by atoms with van der Waals surface area (Å²) < 4.78 is 20.7. The standard InChI is InChI=1S/C13H18FN5O/c1-19-13(15)9(7-17-19)10(18-16)6-8-4-3-5-11(20-2)12(8)14/h3-5,7,10,18H,6,15-16H2,1-2H3. The van der Waals surface area contributed by atoms with Gasteiger partial charge in [0, 0.05) is 12.6 Å². The normalized spacial score (nSPS) is 12.4. The van der Waals surface area contributed by atoms with Gasteiger partial charge in [-0.3, -0.25) is 16.0 Å². The minimum atomic E-state index is -0.391. The zero-order valence-electron chi connectivity index (χ0n) is 11.4. The van der Waals surface area contributed by atoms with E-state index in [-0.39, 0.29) is 11.8 Å². The molecule has 6 nitrogen and oxygen atoms in total. The van der Waals surface area contributed by atoms with E-state index in [9.17, 15) is 4.39 Å². The Balaban J connectivity index is 2.29. The number of nitrogens with zero attached hydrogens (tertiary/aromatic N) is 2. The van der Waals surface area contributed by atoms with Gasteiger partial charge in [-0.2, -0.15) is 5.10 Å². The van der Waals surface area contributed by atoms with Gasteiger partial charge in [-0.25, -0.2) is 4.39 Å². The van der Waals surface area contributed by atoms with Crippen LogP contribution in [0.1, 0.15) is 17.2 Å². The molecule has 0 bridgehead atoms. The van der Waals surface area contributed by atoms with Crippen LogP contribution in [0.3, 0.4) is 0 Å². The molecule has 0 amide bonds. The lowest BCUT2D eigenvalue weighted by Gasteiger charge is -2.16. The van der Waals surface area contributed by atoms with E-state index >= 15 is 0 Å². The van der Waals surface area contributed by atoms with E-state index in [0.29, 0.717) is 17.8 Å². The predicted molar refractivity (Wildman–Crippen MR) is 74.3 cm³/mol. The summed E-state index contributed by atoms with van der Waals surface area (Å²) in [5, 5.41) is 4.06. The molecule has 1 unspecified atom stereocenters. The molecule has 2 aromatic rings. The molecule has 0 aliphatic heterocycles. The van der Waals surface area contributed by atoms with E-state index < -0.39 is 5.82 Å². The Hall–Kier alpha value is -2.12. The molecule has 0 radical (unpaired) electrons. The Morgan fingerprint density at radius 3 is 2.80 bits per heavy atom. The fourth-order valence-corrected chi connectivity index (χ4v) is 2.08. The van der Waals surface area contributed by atoms with Crippen molar-refractivity contribution < 1.29 is 9.13 Å². The van der Waals surface area contributed by atoms with Crippen LogP contribution in [0.15, 0.2) is 24.4 Å². The number of nitrogen functional groups attached to an aromatic ring is 1. The van der Waals surface area contributed by atoms with Gasteiger partial charge in [0.25, 0.3) is 0 Å². The molecule has 0 fully saturated rings. The largest absolute Gasteiger partial charge is 0.494 e. The number of halogens is 1. The number of benzene rings is 1. The molecule has 0 spiro atoms. The first-order chi connectivity index (χ1) is 9.58. The Bertz CT molecular complexity index is 598. The first-order valence-corrected chi connectivity index (χ1v) is 6.13. The summed E-state index contributed by atoms with van der Waals surface area (Å²) in [4.78, 5) is 0. The smallest absolute Gasteiger partial charge is 0.168 e. The van der Waals surface area contributed by atoms with Crippen molar-refractivity contribution >= 4 is 5.82 Å². The molecule has 0 saturated carbocycles. The topological polar surface area (TPSA) is 91.1 Å². The number of hydrazine groups is 1. The molecule has 0 saturated heterocycles. The SMILES string of the molecule is COc1cccc(CC(NN)c2cnn(C)c2N)c1F. The predicted octanol–water partition coefficient (Wildman–Crippen LogP) is 0.897. The maximum atomic E-state index is 14.1. The lowest BCUT2D eigenvalue weighted by Crippen LogP contribution is -2.30. The zero-order valence-corrected chi connectivity index (χ0v) is 11.4. The first-order valence-electron chi connectivity index (χ1n) is 6.13. The molecule has 1 aromatic heterocycles. The highest BCUT2D eigenvalue weighted by molar-refractivity contribution is 5.42. The molecule has 1 heterocycles. The Labute approximate surface area is 116 Å². The van der Waals surface area contributed by atoms with E-state index in [2.05, 4.69) is 10.5 Å². The molecule has 1 aromatic carbocycles. The highest BCUT2D eigenvalue weighted by Gasteiger charge is 2.19. The number of aryl methyl sites for hydroxylation is 1. The van der Waals surface area contributed by atoms with Crippen molar-refractivity contribution in [1.29, 1.82) is 0 Å². The number of anilines is 1. The zero-order chi connectivity index (χ0) is 14.7. The molecule has 7 heteroatoms. The Morgan fingerprint density at radius 2 is 2.25 bits per heavy atom. The second-order valence-corrected chi connectivity index (χ2v) is 4.47. The number of hydrogen-bond acceptors (Lipinski definition) is 5. The van der Waals surface area contributed by atoms with Gasteiger partial charge < -0.3 is 10.5 Å². The molecule has 2 rings (SSSR count). The average molecular weight is 279 g/mol. The van der Waals surface area contributed by atoms with Gasteiger partial charge in [-0.05, 0) is 18.1 Å². The third-order valence-electron chi connectivity index (χ3n) is 3.28. The lowest BCUT2D eigenvalue weighted by molar-refractivity contribution is 0.382. The van der Waals surface area contributed by atoms with Crippen molar-refractivity contribution in [2.45, 2.75) is 12.5 Å². The maximum Gasteiger partial charge on any atom is 0.168 e. The highest BCUT2D eigenvalue weighted by Crippen LogP contribution is 2.27. The van der Waals surface area contributed by atoms with Crippen LogP contribution in [-0.4, -0.2) is 16.9 Å². The van der Waals surface area contributed by atoms with Crippen molar-refractivity contribution in [3.05, 3.63) is 41.3 Å². The number of nitrogens with two attached hydrogens (primary N) is 2. The van der Waals surface area contributed by atoms with Gasteiger partial charge in [0.2, 0.25) is 0 Å². The van der Waals surface area contributed by atoms with Crippen LogP contribution in [0, 0.1) is 5.82 Å². The second-order valence-electron chi connectivity index (χ2n) is 4.47. The molecule has 1 atom stereocenters. The Kier molecular flexibility index (Phi) is 4.21. The van der Waals surface area contributed by atoms with E-state index in [4.69, 9.17) is 16.3 Å². The highest BCUT2D eigenvalue weighted by atomic mass is 19.1. The van der Waals surface area contributed by atoms with Crippen LogP contribution in [0.2, 0.25) is 0 Å². The van der Waals surface area contributed by atoms with Crippen molar-refractivity contribution in [3.8, 4) is 5.75 Å². The summed E-state index contributed by atoms with van der Waals surface area (Å²) in [5.74, 6) is 5.87. The Morgan fingerprint density at radius 1 is 1.50 bits per heavy atom. The van der Waals surface area contributed by atoms with Gasteiger partial charge in [0.1, 0.15) is 5.82 Å². The fourth-order valence-electron chi connectivity index (χ4n) is 2.08. The summed E-state index contributed by atoms with van der Waals surface area (Å²) in [6.45, 7) is 0. The van der Waals surface area contributed by atoms with Gasteiger partial charge in [-0.15, -0.1) is 0 Å². The summed E-state index contributed by atoms with van der Waals surface area (Å²) >= 11 is 0. The summed E-state index contributed by atoms with van der Waals surface area (Å²) in [5.41, 5.74) is 9.79. The number of rotatable bonds is 5. The monoisotopic (exact) mass is 279 g/mol. The number of hydrogen-bond donors (Lipinski definition) is 3. The van der Waals surface area contributed by atoms with Crippen LogP contribution in [-0.2, 0) is 13.5 Å². The molecule has 5 N–H and O–H groups in total. The van der Waals surface area contributed by atoms with Crippen LogP contribution in [0.5, 0.6) is 5.75 Å². The fraction of sp³-hybridized carbons (Fsp3) is 0.308. The summed E-state index contributed by atoms with van der Waals surface area (Å²) in [7, 11) is 3.17. The van der Waals surface area contributed by atoms with E-state index in [1.807, 2.05) is 0 Å². The minimum Gasteiger partial charge on any atom is -0.494 e. The van der Waals surface area contributed by atoms with E-state index in [1.54, 1.807) is 36.1 Å². The number of nitrogens with one attached hydrogen (secondary N) is 1. The number of aromatic nitrogens is 2. The quantitative estimate of drug-likeness (QED) is 0.558. The van der Waals surface area contributed by atoms with Crippen molar-refractivity contribution in [1.82, 2.24) is 15.2 Å². The van der Waals surface area contributed by atoms with Crippen molar-refractivity contribution in [2.75, 3.05) is 12.8 Å². The number of ether oxygens (including phenoxy) is 1. The average Bonchev–Trinajstić information content (AvgIpc) is 2.78. The summed E-state index contributed by atoms with van der Waals surface area (Å²) in [6, 6.07) is 4.67. The van der Waals surface area contributed by atoms with Gasteiger partial charge in [0.15, 0.2) is 11.6 Å².